The molecule has 2 rings (SSSR count). The van der Waals surface area contributed by atoms with Gasteiger partial charge in [-0.25, -0.2) is 0 Å². The van der Waals surface area contributed by atoms with Crippen LogP contribution in [0.3, 0.4) is 0 Å². The van der Waals surface area contributed by atoms with Crippen molar-refractivity contribution < 1.29 is 14.3 Å². The molecule has 2 aromatic rings. The summed E-state index contributed by atoms with van der Waals surface area (Å²) in [5, 5.41) is 0.507. The predicted molar refractivity (Wildman–Crippen MR) is 86.5 cm³/mol. The first-order valence-corrected chi connectivity index (χ1v) is 7.44. The average molecular weight is 370 g/mol. The molecule has 0 saturated heterocycles. The maximum absolute atomic E-state index is 11.6. The molecule has 0 bridgehead atoms. The molecule has 110 valence electrons. The zero-order chi connectivity index (χ0) is 15.4. The second kappa shape index (κ2) is 6.96. The third-order valence-electron chi connectivity index (χ3n) is 2.95. The highest BCUT2D eigenvalue weighted by Gasteiger charge is 2.11. The van der Waals surface area contributed by atoms with Gasteiger partial charge in [0.25, 0.3) is 0 Å². The van der Waals surface area contributed by atoms with Crippen LogP contribution < -0.4 is 9.47 Å². The first kappa shape index (κ1) is 15.9. The van der Waals surface area contributed by atoms with Crippen molar-refractivity contribution in [1.29, 1.82) is 0 Å². The van der Waals surface area contributed by atoms with Crippen LogP contribution in [0.1, 0.15) is 22.8 Å². The smallest absolute Gasteiger partial charge is 0.163 e. The Balaban J connectivity index is 2.24. The van der Waals surface area contributed by atoms with Crippen LogP contribution in [0.15, 0.2) is 40.9 Å². The number of Topliss-reactive ketones (excluding diaryl/α,β-unsaturated/α-hetero) is 1. The van der Waals surface area contributed by atoms with Crippen LogP contribution in [0.25, 0.3) is 0 Å². The summed E-state index contributed by atoms with van der Waals surface area (Å²) in [7, 11) is 1.61. The van der Waals surface area contributed by atoms with Crippen molar-refractivity contribution in [2.24, 2.45) is 0 Å². The molecule has 0 aromatic heterocycles. The maximum atomic E-state index is 11.6. The lowest BCUT2D eigenvalue weighted by Crippen LogP contribution is -2.03. The summed E-state index contributed by atoms with van der Waals surface area (Å²) in [6.07, 6.45) is 0. The van der Waals surface area contributed by atoms with Crippen LogP contribution in [-0.2, 0) is 6.61 Å². The number of hydrogen-bond acceptors (Lipinski definition) is 3. The quantitative estimate of drug-likeness (QED) is 0.704. The molecule has 2 aromatic carbocycles. The second-order valence-electron chi connectivity index (χ2n) is 4.44. The van der Waals surface area contributed by atoms with E-state index in [1.807, 2.05) is 18.2 Å². The van der Waals surface area contributed by atoms with E-state index >= 15 is 0 Å². The first-order chi connectivity index (χ1) is 10.0. The molecule has 0 radical (unpaired) electrons. The van der Waals surface area contributed by atoms with Gasteiger partial charge in [0.2, 0.25) is 0 Å². The average Bonchev–Trinajstić information content (AvgIpc) is 2.46. The summed E-state index contributed by atoms with van der Waals surface area (Å²) in [6, 6.07) is 10.7. The van der Waals surface area contributed by atoms with Gasteiger partial charge >= 0.3 is 0 Å². The van der Waals surface area contributed by atoms with Gasteiger partial charge in [0, 0.05) is 15.1 Å². The van der Waals surface area contributed by atoms with Crippen molar-refractivity contribution in [3.63, 3.8) is 0 Å². The Labute approximate surface area is 137 Å². The zero-order valence-corrected chi connectivity index (χ0v) is 14.0. The molecular formula is C16H14BrClO3. The van der Waals surface area contributed by atoms with Crippen molar-refractivity contribution in [2.45, 2.75) is 13.5 Å². The van der Waals surface area contributed by atoms with Crippen molar-refractivity contribution in [3.8, 4) is 11.5 Å². The van der Waals surface area contributed by atoms with Crippen LogP contribution in [-0.4, -0.2) is 12.9 Å². The Morgan fingerprint density at radius 2 is 1.90 bits per heavy atom. The van der Waals surface area contributed by atoms with Gasteiger partial charge < -0.3 is 9.47 Å². The molecule has 0 N–H and O–H groups in total. The van der Waals surface area contributed by atoms with E-state index < -0.39 is 0 Å². The molecule has 0 saturated carbocycles. The van der Waals surface area contributed by atoms with Gasteiger partial charge in [-0.15, -0.1) is 0 Å². The zero-order valence-electron chi connectivity index (χ0n) is 11.7. The molecular weight excluding hydrogens is 356 g/mol. The molecule has 0 unspecified atom stereocenters. The monoisotopic (exact) mass is 368 g/mol. The number of halogens is 2. The van der Waals surface area contributed by atoms with E-state index in [2.05, 4.69) is 15.9 Å². The van der Waals surface area contributed by atoms with E-state index in [9.17, 15) is 4.79 Å². The minimum Gasteiger partial charge on any atom is -0.496 e. The number of ketones is 1. The third-order valence-corrected chi connectivity index (χ3v) is 3.67. The molecule has 0 atom stereocenters. The van der Waals surface area contributed by atoms with E-state index in [1.165, 1.54) is 6.92 Å². The molecule has 0 aliphatic carbocycles. The lowest BCUT2D eigenvalue weighted by molar-refractivity contribution is 0.101. The first-order valence-electron chi connectivity index (χ1n) is 6.27. The Morgan fingerprint density at radius 1 is 1.19 bits per heavy atom. The molecule has 21 heavy (non-hydrogen) atoms. The standard InChI is InChI=1S/C16H14BrClO3/c1-10(19)14-8-13(18)4-6-16(14)21-9-11-7-12(17)3-5-15(11)20-2/h3-8H,9H2,1-2H3. The van der Waals surface area contributed by atoms with E-state index in [0.717, 1.165) is 15.8 Å². The molecule has 0 fully saturated rings. The van der Waals surface area contributed by atoms with E-state index in [0.29, 0.717) is 22.9 Å². The molecule has 0 amide bonds. The summed E-state index contributed by atoms with van der Waals surface area (Å²) >= 11 is 9.33. The van der Waals surface area contributed by atoms with E-state index in [-0.39, 0.29) is 5.78 Å². The number of ether oxygens (including phenoxy) is 2. The predicted octanol–water partition coefficient (Wildman–Crippen LogP) is 4.89. The minimum atomic E-state index is -0.0892. The molecule has 0 aliphatic rings. The normalized spacial score (nSPS) is 10.3. The van der Waals surface area contributed by atoms with Crippen molar-refractivity contribution in [3.05, 3.63) is 57.0 Å². The van der Waals surface area contributed by atoms with Crippen LogP contribution >= 0.6 is 27.5 Å². The van der Waals surface area contributed by atoms with Crippen LogP contribution in [0.5, 0.6) is 11.5 Å². The Kier molecular flexibility index (Phi) is 5.26. The fourth-order valence-corrected chi connectivity index (χ4v) is 2.50. The summed E-state index contributed by atoms with van der Waals surface area (Å²) in [5.41, 5.74) is 1.35. The number of methoxy groups -OCH3 is 1. The summed E-state index contributed by atoms with van der Waals surface area (Å²) in [5.74, 6) is 1.15. The largest absolute Gasteiger partial charge is 0.496 e. The lowest BCUT2D eigenvalue weighted by Gasteiger charge is -2.13. The molecule has 0 spiro atoms. The summed E-state index contributed by atoms with van der Waals surface area (Å²) < 4.78 is 12.0. The van der Waals surface area contributed by atoms with Gasteiger partial charge in [-0.2, -0.15) is 0 Å². The van der Waals surface area contributed by atoms with Crippen LogP contribution in [0.2, 0.25) is 5.02 Å². The number of benzene rings is 2. The number of rotatable bonds is 5. The maximum Gasteiger partial charge on any atom is 0.163 e. The van der Waals surface area contributed by atoms with Crippen molar-refractivity contribution in [1.82, 2.24) is 0 Å². The van der Waals surface area contributed by atoms with Gasteiger partial charge in [0.05, 0.1) is 12.7 Å². The fourth-order valence-electron chi connectivity index (χ4n) is 1.92. The van der Waals surface area contributed by atoms with E-state index in [1.54, 1.807) is 25.3 Å². The van der Waals surface area contributed by atoms with Gasteiger partial charge in [-0.3, -0.25) is 4.79 Å². The lowest BCUT2D eigenvalue weighted by atomic mass is 10.1. The molecule has 5 heteroatoms. The minimum absolute atomic E-state index is 0.0892. The highest BCUT2D eigenvalue weighted by molar-refractivity contribution is 9.10. The number of carbonyl (C=O) groups is 1. The van der Waals surface area contributed by atoms with Gasteiger partial charge in [-0.1, -0.05) is 27.5 Å². The topological polar surface area (TPSA) is 35.5 Å². The SMILES string of the molecule is COc1ccc(Br)cc1COc1ccc(Cl)cc1C(C)=O. The van der Waals surface area contributed by atoms with Crippen LogP contribution in [0.4, 0.5) is 0 Å². The highest BCUT2D eigenvalue weighted by Crippen LogP contribution is 2.27. The Morgan fingerprint density at radius 3 is 2.57 bits per heavy atom. The van der Waals surface area contributed by atoms with Crippen LogP contribution in [0, 0.1) is 0 Å². The third kappa shape index (κ3) is 3.99. The number of hydrogen-bond donors (Lipinski definition) is 0. The highest BCUT2D eigenvalue weighted by atomic mass is 79.9. The Bertz CT molecular complexity index is 671. The molecule has 0 heterocycles. The molecule has 3 nitrogen and oxygen atoms in total. The van der Waals surface area contributed by atoms with Gasteiger partial charge in [-0.05, 0) is 43.3 Å². The fraction of sp³-hybridized carbons (Fsp3) is 0.188. The summed E-state index contributed by atoms with van der Waals surface area (Å²) in [6.45, 7) is 1.78. The van der Waals surface area contributed by atoms with Crippen molar-refractivity contribution >= 4 is 33.3 Å². The van der Waals surface area contributed by atoms with Gasteiger partial charge in [0.15, 0.2) is 5.78 Å². The van der Waals surface area contributed by atoms with Crippen molar-refractivity contribution in [2.75, 3.05) is 7.11 Å². The second-order valence-corrected chi connectivity index (χ2v) is 5.79. The van der Waals surface area contributed by atoms with Gasteiger partial charge in [0.1, 0.15) is 18.1 Å². The summed E-state index contributed by atoms with van der Waals surface area (Å²) in [4.78, 5) is 11.6. The molecule has 0 aliphatic heterocycles. The number of carbonyl (C=O) groups excluding carboxylic acids is 1. The Hall–Kier alpha value is -1.52. The van der Waals surface area contributed by atoms with E-state index in [4.69, 9.17) is 21.1 Å².